The molecular formula is C23H26BrFO3. The van der Waals surface area contributed by atoms with Crippen molar-refractivity contribution in [3.05, 3.63) is 82.3 Å². The van der Waals surface area contributed by atoms with Crippen LogP contribution < -0.4 is 0 Å². The van der Waals surface area contributed by atoms with Crippen LogP contribution in [0.5, 0.6) is 0 Å². The Morgan fingerprint density at radius 2 is 1.50 bits per heavy atom. The third kappa shape index (κ3) is 5.22. The molecule has 3 nitrogen and oxygen atoms in total. The van der Waals surface area contributed by atoms with Gasteiger partial charge in [0.15, 0.2) is 5.76 Å². The van der Waals surface area contributed by atoms with Gasteiger partial charge in [0, 0.05) is 5.92 Å². The van der Waals surface area contributed by atoms with Crippen LogP contribution in [0, 0.1) is 5.92 Å². The highest BCUT2D eigenvalue weighted by molar-refractivity contribution is 9.11. The zero-order valence-corrected chi connectivity index (χ0v) is 17.8. The molecule has 1 saturated heterocycles. The second-order valence-electron chi connectivity index (χ2n) is 7.03. The van der Waals surface area contributed by atoms with Crippen molar-refractivity contribution in [2.24, 2.45) is 5.92 Å². The van der Waals surface area contributed by atoms with Crippen molar-refractivity contribution in [2.75, 3.05) is 0 Å². The summed E-state index contributed by atoms with van der Waals surface area (Å²) in [6.07, 6.45) is -0.306. The molecule has 0 bridgehead atoms. The highest BCUT2D eigenvalue weighted by atomic mass is 79.9. The van der Waals surface area contributed by atoms with Crippen LogP contribution in [0.1, 0.15) is 31.4 Å². The van der Waals surface area contributed by atoms with Crippen molar-refractivity contribution in [1.29, 1.82) is 0 Å². The largest absolute Gasteiger partial charge is 0.488 e. The van der Waals surface area contributed by atoms with Crippen LogP contribution in [0.2, 0.25) is 0 Å². The topological polar surface area (TPSA) is 27.7 Å². The molecule has 28 heavy (non-hydrogen) atoms. The molecular weight excluding hydrogens is 423 g/mol. The maximum absolute atomic E-state index is 14.3. The van der Waals surface area contributed by atoms with E-state index in [1.807, 2.05) is 67.6 Å². The van der Waals surface area contributed by atoms with Crippen LogP contribution in [0.15, 0.2) is 71.2 Å². The van der Waals surface area contributed by atoms with E-state index >= 15 is 0 Å². The Balaban J connectivity index is 1.81. The Labute approximate surface area is 174 Å². The van der Waals surface area contributed by atoms with Crippen molar-refractivity contribution in [2.45, 2.75) is 51.8 Å². The molecule has 150 valence electrons. The molecule has 0 spiro atoms. The summed E-state index contributed by atoms with van der Waals surface area (Å²) >= 11 is 2.96. The Hall–Kier alpha value is -1.69. The molecule has 3 rings (SSSR count). The number of hydrogen-bond acceptors (Lipinski definition) is 3. The SMILES string of the molecule is CC[C@H]1O/C(=C(\F)Br)[C@H](OCc2ccccc2)[C@@H](OCc2ccccc2)[C@@H]1C. The van der Waals surface area contributed by atoms with Crippen LogP contribution in [0.3, 0.4) is 0 Å². The minimum atomic E-state index is -0.624. The lowest BCUT2D eigenvalue weighted by molar-refractivity contribution is -0.168. The average molecular weight is 449 g/mol. The lowest BCUT2D eigenvalue weighted by Crippen LogP contribution is -2.49. The van der Waals surface area contributed by atoms with Crippen molar-refractivity contribution in [1.82, 2.24) is 0 Å². The smallest absolute Gasteiger partial charge is 0.206 e. The van der Waals surface area contributed by atoms with Gasteiger partial charge in [-0.15, -0.1) is 0 Å². The van der Waals surface area contributed by atoms with Crippen LogP contribution in [-0.2, 0) is 27.4 Å². The fourth-order valence-corrected chi connectivity index (χ4v) is 3.84. The van der Waals surface area contributed by atoms with E-state index in [4.69, 9.17) is 14.2 Å². The monoisotopic (exact) mass is 448 g/mol. The van der Waals surface area contributed by atoms with E-state index in [1.54, 1.807) is 0 Å². The normalized spacial score (nSPS) is 26.6. The first-order valence-corrected chi connectivity index (χ1v) is 10.4. The summed E-state index contributed by atoms with van der Waals surface area (Å²) in [5, 5.41) is 0. The lowest BCUT2D eigenvalue weighted by Gasteiger charge is -2.42. The Morgan fingerprint density at radius 3 is 2.00 bits per heavy atom. The number of hydrogen-bond donors (Lipinski definition) is 0. The minimum Gasteiger partial charge on any atom is -0.488 e. The summed E-state index contributed by atoms with van der Waals surface area (Å²) < 4.78 is 32.1. The average Bonchev–Trinajstić information content (AvgIpc) is 2.72. The molecule has 0 N–H and O–H groups in total. The van der Waals surface area contributed by atoms with Gasteiger partial charge in [0.25, 0.3) is 0 Å². The quantitative estimate of drug-likeness (QED) is 0.509. The molecule has 0 unspecified atom stereocenters. The van der Waals surface area contributed by atoms with Crippen LogP contribution in [-0.4, -0.2) is 18.3 Å². The van der Waals surface area contributed by atoms with Crippen LogP contribution in [0.4, 0.5) is 4.39 Å². The van der Waals surface area contributed by atoms with Gasteiger partial charge >= 0.3 is 0 Å². The first-order valence-electron chi connectivity index (χ1n) is 9.63. The van der Waals surface area contributed by atoms with E-state index in [2.05, 4.69) is 22.9 Å². The van der Waals surface area contributed by atoms with Gasteiger partial charge in [0.05, 0.1) is 19.3 Å². The summed E-state index contributed by atoms with van der Waals surface area (Å²) in [5.41, 5.74) is 2.09. The van der Waals surface area contributed by atoms with Gasteiger partial charge in [-0.25, -0.2) is 0 Å². The fraction of sp³-hybridized carbons (Fsp3) is 0.391. The van der Waals surface area contributed by atoms with Crippen molar-refractivity contribution in [3.8, 4) is 0 Å². The van der Waals surface area contributed by atoms with E-state index in [9.17, 15) is 4.39 Å². The molecule has 1 aliphatic heterocycles. The lowest BCUT2D eigenvalue weighted by atomic mass is 9.88. The number of ether oxygens (including phenoxy) is 3. The van der Waals surface area contributed by atoms with E-state index in [0.29, 0.717) is 13.2 Å². The molecule has 0 saturated carbocycles. The van der Waals surface area contributed by atoms with Gasteiger partial charge in [0.2, 0.25) is 4.74 Å². The van der Waals surface area contributed by atoms with Crippen molar-refractivity contribution in [3.63, 3.8) is 0 Å². The molecule has 0 aromatic heterocycles. The van der Waals surface area contributed by atoms with E-state index < -0.39 is 10.8 Å². The number of rotatable bonds is 7. The van der Waals surface area contributed by atoms with Crippen LogP contribution in [0.25, 0.3) is 0 Å². The van der Waals surface area contributed by atoms with Gasteiger partial charge in [-0.2, -0.15) is 4.39 Å². The third-order valence-corrected chi connectivity index (χ3v) is 5.48. The second-order valence-corrected chi connectivity index (χ2v) is 7.72. The van der Waals surface area contributed by atoms with Gasteiger partial charge in [-0.1, -0.05) is 74.5 Å². The number of benzene rings is 2. The zero-order valence-electron chi connectivity index (χ0n) is 16.2. The molecule has 2 aromatic carbocycles. The Morgan fingerprint density at radius 1 is 0.964 bits per heavy atom. The summed E-state index contributed by atoms with van der Waals surface area (Å²) in [6.45, 7) is 4.90. The molecule has 5 heteroatoms. The fourth-order valence-electron chi connectivity index (χ4n) is 3.52. The number of halogens is 2. The molecule has 1 aliphatic rings. The summed E-state index contributed by atoms with van der Waals surface area (Å²) in [4.78, 5) is 0. The maximum Gasteiger partial charge on any atom is 0.206 e. The first kappa shape index (κ1) is 21.0. The zero-order chi connectivity index (χ0) is 19.9. The molecule has 0 amide bonds. The van der Waals surface area contributed by atoms with E-state index in [1.165, 1.54) is 0 Å². The minimum absolute atomic E-state index is 0.0603. The second kappa shape index (κ2) is 10.2. The van der Waals surface area contributed by atoms with Gasteiger partial charge < -0.3 is 14.2 Å². The van der Waals surface area contributed by atoms with Gasteiger partial charge in [-0.05, 0) is 33.5 Å². The van der Waals surface area contributed by atoms with Crippen molar-refractivity contribution < 1.29 is 18.6 Å². The summed E-state index contributed by atoms with van der Waals surface area (Å²) in [5.74, 6) is 0.240. The Kier molecular flexibility index (Phi) is 7.65. The van der Waals surface area contributed by atoms with E-state index in [-0.39, 0.29) is 23.9 Å². The molecule has 4 atom stereocenters. The Bertz CT molecular complexity index is 762. The van der Waals surface area contributed by atoms with E-state index in [0.717, 1.165) is 17.5 Å². The molecule has 2 aromatic rings. The standard InChI is InChI=1S/C23H26BrFO3/c1-3-19-16(2)20(26-14-17-10-6-4-7-11-17)21(22(28-19)23(24)25)27-15-18-12-8-5-9-13-18/h4-13,16,19-21H,3,14-15H2,1-2H3/b23-22-/t16-,19-,20+,21-/m1/s1. The molecule has 0 aliphatic carbocycles. The maximum atomic E-state index is 14.3. The summed E-state index contributed by atoms with van der Waals surface area (Å²) in [7, 11) is 0. The van der Waals surface area contributed by atoms with Crippen molar-refractivity contribution >= 4 is 15.9 Å². The third-order valence-electron chi connectivity index (χ3n) is 5.09. The highest BCUT2D eigenvalue weighted by Crippen LogP contribution is 2.37. The first-order chi connectivity index (χ1) is 13.6. The highest BCUT2D eigenvalue weighted by Gasteiger charge is 2.43. The molecule has 1 fully saturated rings. The van der Waals surface area contributed by atoms with Crippen LogP contribution >= 0.6 is 15.9 Å². The molecule has 1 heterocycles. The predicted octanol–water partition coefficient (Wildman–Crippen LogP) is 6.14. The predicted molar refractivity (Wildman–Crippen MR) is 111 cm³/mol. The van der Waals surface area contributed by atoms with Gasteiger partial charge in [0.1, 0.15) is 12.2 Å². The molecule has 0 radical (unpaired) electrons. The summed E-state index contributed by atoms with van der Waals surface area (Å²) in [6, 6.07) is 19.8. The van der Waals surface area contributed by atoms with Gasteiger partial charge in [-0.3, -0.25) is 0 Å².